The van der Waals surface area contributed by atoms with Gasteiger partial charge in [0.05, 0.1) is 3.57 Å². The standard InChI is InChI=1S/C23H29IO5/c1-3-16-27-22(25)14-8-6-4-5-7-9-15-23(26)29-18-19(2)17-28-21-13-11-10-12-20(21)24/h1,10-13H,2,4-9,14-18H2. The molecular formula is C23H29IO5. The molecule has 0 fully saturated rings. The van der Waals surface area contributed by atoms with Gasteiger partial charge in [-0.25, -0.2) is 0 Å². The van der Waals surface area contributed by atoms with E-state index in [-0.39, 0.29) is 25.2 Å². The van der Waals surface area contributed by atoms with Crippen molar-refractivity contribution in [1.82, 2.24) is 0 Å². The number of benzene rings is 1. The van der Waals surface area contributed by atoms with Crippen molar-refractivity contribution < 1.29 is 23.8 Å². The molecule has 158 valence electrons. The van der Waals surface area contributed by atoms with Crippen LogP contribution in [-0.4, -0.2) is 31.8 Å². The second kappa shape index (κ2) is 15.9. The van der Waals surface area contributed by atoms with Gasteiger partial charge < -0.3 is 14.2 Å². The minimum atomic E-state index is -0.240. The molecule has 5 nitrogen and oxygen atoms in total. The van der Waals surface area contributed by atoms with Crippen LogP contribution in [0.1, 0.15) is 51.4 Å². The average Bonchev–Trinajstić information content (AvgIpc) is 2.72. The van der Waals surface area contributed by atoms with Gasteiger partial charge in [0, 0.05) is 12.8 Å². The average molecular weight is 512 g/mol. The van der Waals surface area contributed by atoms with Crippen LogP contribution in [-0.2, 0) is 19.1 Å². The van der Waals surface area contributed by atoms with Crippen molar-refractivity contribution in [1.29, 1.82) is 0 Å². The summed E-state index contributed by atoms with van der Waals surface area (Å²) >= 11 is 2.21. The predicted molar refractivity (Wildman–Crippen MR) is 121 cm³/mol. The normalized spacial score (nSPS) is 10.1. The fourth-order valence-corrected chi connectivity index (χ4v) is 3.02. The Kier molecular flexibility index (Phi) is 13.7. The Labute approximate surface area is 187 Å². The van der Waals surface area contributed by atoms with Crippen LogP contribution in [0.3, 0.4) is 0 Å². The highest BCUT2D eigenvalue weighted by Crippen LogP contribution is 2.20. The number of halogens is 1. The summed E-state index contributed by atoms with van der Waals surface area (Å²) in [5.74, 6) is 2.62. The molecule has 0 saturated heterocycles. The molecule has 0 saturated carbocycles. The summed E-state index contributed by atoms with van der Waals surface area (Å²) in [5.41, 5.74) is 0.721. The largest absolute Gasteiger partial charge is 0.488 e. The molecule has 0 aromatic heterocycles. The van der Waals surface area contributed by atoms with Gasteiger partial charge in [-0.15, -0.1) is 6.42 Å². The molecule has 1 rings (SSSR count). The fourth-order valence-electron chi connectivity index (χ4n) is 2.48. The number of terminal acetylenes is 1. The summed E-state index contributed by atoms with van der Waals surface area (Å²) < 4.78 is 16.7. The number of hydrogen-bond acceptors (Lipinski definition) is 5. The Bertz CT molecular complexity index is 693. The zero-order valence-electron chi connectivity index (χ0n) is 16.8. The van der Waals surface area contributed by atoms with E-state index in [1.807, 2.05) is 24.3 Å². The first kappa shape index (κ1) is 25.0. The molecule has 6 heteroatoms. The number of hydrogen-bond donors (Lipinski definition) is 0. The first-order valence-corrected chi connectivity index (χ1v) is 10.9. The lowest BCUT2D eigenvalue weighted by Gasteiger charge is -2.10. The van der Waals surface area contributed by atoms with Gasteiger partial charge in [0.25, 0.3) is 0 Å². The maximum absolute atomic E-state index is 11.8. The summed E-state index contributed by atoms with van der Waals surface area (Å²) in [5, 5.41) is 0. The molecule has 0 heterocycles. The topological polar surface area (TPSA) is 61.8 Å². The second-order valence-electron chi connectivity index (χ2n) is 6.62. The number of esters is 2. The van der Waals surface area contributed by atoms with E-state index in [2.05, 4.69) is 35.1 Å². The molecule has 0 unspecified atom stereocenters. The molecule has 1 aromatic rings. The van der Waals surface area contributed by atoms with Gasteiger partial charge in [-0.05, 0) is 53.1 Å². The maximum Gasteiger partial charge on any atom is 0.306 e. The molecule has 29 heavy (non-hydrogen) atoms. The predicted octanol–water partition coefficient (Wildman–Crippen LogP) is 5.07. The van der Waals surface area contributed by atoms with E-state index in [1.54, 1.807) is 0 Å². The first-order chi connectivity index (χ1) is 14.0. The number of carbonyl (C=O) groups excluding carboxylic acids is 2. The fraction of sp³-hybridized carbons (Fsp3) is 0.478. The van der Waals surface area contributed by atoms with Crippen molar-refractivity contribution in [3.05, 3.63) is 40.0 Å². The Balaban J connectivity index is 1.97. The molecule has 0 amide bonds. The van der Waals surface area contributed by atoms with Gasteiger partial charge in [-0.1, -0.05) is 50.3 Å². The Morgan fingerprint density at radius 2 is 1.52 bits per heavy atom. The van der Waals surface area contributed by atoms with Crippen molar-refractivity contribution in [2.24, 2.45) is 0 Å². The SMILES string of the molecule is C#CCOC(=O)CCCCCCCCC(=O)OCC(=C)COc1ccccc1I. The van der Waals surface area contributed by atoms with Crippen molar-refractivity contribution in [3.63, 3.8) is 0 Å². The van der Waals surface area contributed by atoms with Crippen molar-refractivity contribution in [2.45, 2.75) is 51.4 Å². The number of carbonyl (C=O) groups is 2. The molecule has 0 atom stereocenters. The van der Waals surface area contributed by atoms with Gasteiger partial charge in [0.2, 0.25) is 0 Å². The maximum atomic E-state index is 11.8. The van der Waals surface area contributed by atoms with E-state index < -0.39 is 0 Å². The Morgan fingerprint density at radius 3 is 2.14 bits per heavy atom. The van der Waals surface area contributed by atoms with E-state index in [4.69, 9.17) is 20.6 Å². The molecule has 1 aromatic carbocycles. The lowest BCUT2D eigenvalue weighted by Crippen LogP contribution is -2.11. The van der Waals surface area contributed by atoms with Crippen molar-refractivity contribution >= 4 is 34.5 Å². The van der Waals surface area contributed by atoms with Gasteiger partial charge in [0.1, 0.15) is 19.0 Å². The van der Waals surface area contributed by atoms with Crippen LogP contribution in [0.5, 0.6) is 5.75 Å². The molecular weight excluding hydrogens is 483 g/mol. The van der Waals surface area contributed by atoms with Gasteiger partial charge in [-0.3, -0.25) is 9.59 Å². The van der Waals surface area contributed by atoms with E-state index in [0.717, 1.165) is 53.4 Å². The second-order valence-corrected chi connectivity index (χ2v) is 7.78. The summed E-state index contributed by atoms with van der Waals surface area (Å²) in [6, 6.07) is 7.72. The van der Waals surface area contributed by atoms with E-state index >= 15 is 0 Å². The van der Waals surface area contributed by atoms with E-state index in [9.17, 15) is 9.59 Å². The van der Waals surface area contributed by atoms with Gasteiger partial charge in [0.15, 0.2) is 6.61 Å². The van der Waals surface area contributed by atoms with Crippen LogP contribution >= 0.6 is 22.6 Å². The zero-order valence-corrected chi connectivity index (χ0v) is 18.9. The monoisotopic (exact) mass is 512 g/mol. The highest BCUT2D eigenvalue weighted by molar-refractivity contribution is 14.1. The number of rotatable bonds is 15. The quantitative estimate of drug-likeness (QED) is 0.108. The van der Waals surface area contributed by atoms with Gasteiger partial charge >= 0.3 is 11.9 Å². The molecule has 0 radical (unpaired) electrons. The van der Waals surface area contributed by atoms with Crippen LogP contribution in [0, 0.1) is 15.9 Å². The third-order valence-electron chi connectivity index (χ3n) is 4.03. The molecule has 0 aliphatic rings. The van der Waals surface area contributed by atoms with Gasteiger partial charge in [-0.2, -0.15) is 0 Å². The van der Waals surface area contributed by atoms with E-state index in [0.29, 0.717) is 19.4 Å². The highest BCUT2D eigenvalue weighted by Gasteiger charge is 2.06. The van der Waals surface area contributed by atoms with Crippen LogP contribution < -0.4 is 4.74 Å². The first-order valence-electron chi connectivity index (χ1n) is 9.81. The molecule has 0 N–H and O–H groups in total. The lowest BCUT2D eigenvalue weighted by atomic mass is 10.1. The van der Waals surface area contributed by atoms with Crippen LogP contribution in [0.25, 0.3) is 0 Å². The van der Waals surface area contributed by atoms with Crippen molar-refractivity contribution in [3.8, 4) is 18.1 Å². The van der Waals surface area contributed by atoms with Crippen LogP contribution in [0.15, 0.2) is 36.4 Å². The molecule has 0 bridgehead atoms. The van der Waals surface area contributed by atoms with Crippen molar-refractivity contribution in [2.75, 3.05) is 19.8 Å². The van der Waals surface area contributed by atoms with Crippen LogP contribution in [0.2, 0.25) is 0 Å². The minimum absolute atomic E-state index is 0.0434. The number of ether oxygens (including phenoxy) is 3. The Hall–Kier alpha value is -2.01. The van der Waals surface area contributed by atoms with Crippen LogP contribution in [0.4, 0.5) is 0 Å². The summed E-state index contributed by atoms with van der Waals surface area (Å²) in [7, 11) is 0. The summed E-state index contributed by atoms with van der Waals surface area (Å²) in [6.07, 6.45) is 11.4. The minimum Gasteiger partial charge on any atom is -0.488 e. The molecule has 0 aliphatic heterocycles. The summed E-state index contributed by atoms with van der Waals surface area (Å²) in [6.45, 7) is 4.44. The summed E-state index contributed by atoms with van der Waals surface area (Å²) in [4.78, 5) is 23.1. The number of unbranched alkanes of at least 4 members (excludes halogenated alkanes) is 5. The highest BCUT2D eigenvalue weighted by atomic mass is 127. The molecule has 0 aliphatic carbocycles. The Morgan fingerprint density at radius 1 is 0.931 bits per heavy atom. The third-order valence-corrected chi connectivity index (χ3v) is 4.93. The van der Waals surface area contributed by atoms with E-state index in [1.165, 1.54) is 0 Å². The smallest absolute Gasteiger partial charge is 0.306 e. The third kappa shape index (κ3) is 12.9. The lowest BCUT2D eigenvalue weighted by molar-refractivity contribution is -0.143. The zero-order chi connectivity index (χ0) is 21.3. The number of para-hydroxylation sites is 1. The molecule has 0 spiro atoms.